The van der Waals surface area contributed by atoms with E-state index in [1.54, 1.807) is 43.5 Å². The summed E-state index contributed by atoms with van der Waals surface area (Å²) < 4.78 is 17.7. The van der Waals surface area contributed by atoms with Crippen molar-refractivity contribution in [3.63, 3.8) is 0 Å². The Morgan fingerprint density at radius 2 is 1.80 bits per heavy atom. The number of nitrogens with zero attached hydrogens (tertiary/aromatic N) is 1. The summed E-state index contributed by atoms with van der Waals surface area (Å²) >= 11 is 0. The van der Waals surface area contributed by atoms with Crippen LogP contribution in [-0.2, 0) is 32.2 Å². The van der Waals surface area contributed by atoms with E-state index in [4.69, 9.17) is 14.2 Å². The van der Waals surface area contributed by atoms with Crippen LogP contribution >= 0.6 is 0 Å². The zero-order valence-electron chi connectivity index (χ0n) is 20.0. The molecule has 0 aliphatic rings. The van der Waals surface area contributed by atoms with E-state index in [1.807, 2.05) is 30.3 Å². The number of hydrogen-bond acceptors (Lipinski definition) is 6. The van der Waals surface area contributed by atoms with Gasteiger partial charge in [-0.15, -0.1) is 0 Å². The maximum atomic E-state index is 12.7. The summed E-state index contributed by atoms with van der Waals surface area (Å²) in [5, 5.41) is 12.5. The van der Waals surface area contributed by atoms with Gasteiger partial charge in [-0.05, 0) is 50.6 Å². The first kappa shape index (κ1) is 25.4. The molecule has 0 saturated heterocycles. The number of aromatic nitrogens is 1. The third-order valence-corrected chi connectivity index (χ3v) is 4.84. The Hall–Kier alpha value is -4.27. The Labute approximate surface area is 202 Å². The van der Waals surface area contributed by atoms with E-state index in [9.17, 15) is 19.5 Å². The largest absolute Gasteiger partial charge is 0.497 e. The summed E-state index contributed by atoms with van der Waals surface area (Å²) in [5.41, 5.74) is 1.03. The van der Waals surface area contributed by atoms with Crippen LogP contribution in [0.1, 0.15) is 31.9 Å². The van der Waals surface area contributed by atoms with E-state index < -0.39 is 23.6 Å². The SMILES string of the molecule is COc1ccc2c(c1)c(C=CC(=O)O)c(NC(=O)OCc1ccccc1)n2CC(=O)OC(C)(C)C. The second kappa shape index (κ2) is 10.8. The van der Waals surface area contributed by atoms with Crippen molar-refractivity contribution in [1.29, 1.82) is 0 Å². The molecule has 35 heavy (non-hydrogen) atoms. The van der Waals surface area contributed by atoms with Crippen LogP contribution in [-0.4, -0.2) is 40.4 Å². The van der Waals surface area contributed by atoms with Gasteiger partial charge in [0.05, 0.1) is 12.6 Å². The second-order valence-corrected chi connectivity index (χ2v) is 8.68. The average molecular weight is 481 g/mol. The summed E-state index contributed by atoms with van der Waals surface area (Å²) in [7, 11) is 1.51. The van der Waals surface area contributed by atoms with Gasteiger partial charge in [0, 0.05) is 17.0 Å². The first-order valence-electron chi connectivity index (χ1n) is 10.9. The molecular weight excluding hydrogens is 452 g/mol. The minimum atomic E-state index is -1.17. The molecule has 0 fully saturated rings. The number of aliphatic carboxylic acids is 1. The Morgan fingerprint density at radius 3 is 2.43 bits per heavy atom. The van der Waals surface area contributed by atoms with E-state index in [1.165, 1.54) is 13.2 Å². The third kappa shape index (κ3) is 6.86. The van der Waals surface area contributed by atoms with Gasteiger partial charge in [-0.2, -0.15) is 0 Å². The van der Waals surface area contributed by atoms with Crippen molar-refractivity contribution in [3.05, 3.63) is 65.7 Å². The number of fused-ring (bicyclic) bond motifs is 1. The Bertz CT molecular complexity index is 1250. The lowest BCUT2D eigenvalue weighted by molar-refractivity contribution is -0.155. The molecule has 9 nitrogen and oxygen atoms in total. The lowest BCUT2D eigenvalue weighted by Gasteiger charge is -2.20. The normalized spacial score (nSPS) is 11.4. The summed E-state index contributed by atoms with van der Waals surface area (Å²) in [6.07, 6.45) is 1.54. The number of carboxylic acid groups (broad SMARTS) is 1. The van der Waals surface area contributed by atoms with Gasteiger partial charge in [0.25, 0.3) is 0 Å². The van der Waals surface area contributed by atoms with E-state index >= 15 is 0 Å². The maximum Gasteiger partial charge on any atom is 0.413 e. The summed E-state index contributed by atoms with van der Waals surface area (Å²) in [6.45, 7) is 5.07. The van der Waals surface area contributed by atoms with Gasteiger partial charge >= 0.3 is 18.0 Å². The number of anilines is 1. The first-order valence-corrected chi connectivity index (χ1v) is 10.9. The van der Waals surface area contributed by atoms with Gasteiger partial charge in [-0.3, -0.25) is 10.1 Å². The molecule has 0 atom stereocenters. The predicted molar refractivity (Wildman–Crippen MR) is 131 cm³/mol. The number of carbonyl (C=O) groups is 3. The first-order chi connectivity index (χ1) is 16.6. The molecule has 0 radical (unpaired) electrons. The molecule has 0 spiro atoms. The molecule has 3 rings (SSSR count). The van der Waals surface area contributed by atoms with E-state index in [-0.39, 0.29) is 19.0 Å². The van der Waals surface area contributed by atoms with Crippen LogP contribution in [0.2, 0.25) is 0 Å². The predicted octanol–water partition coefficient (Wildman–Crippen LogP) is 4.84. The molecule has 1 aromatic heterocycles. The molecule has 9 heteroatoms. The molecule has 2 aromatic carbocycles. The Balaban J connectivity index is 2.05. The maximum absolute atomic E-state index is 12.7. The summed E-state index contributed by atoms with van der Waals surface area (Å²) in [4.78, 5) is 36.7. The quantitative estimate of drug-likeness (QED) is 0.350. The van der Waals surface area contributed by atoms with Crippen LogP contribution in [0.5, 0.6) is 5.75 Å². The zero-order chi connectivity index (χ0) is 25.6. The molecule has 1 amide bonds. The van der Waals surface area contributed by atoms with Crippen LogP contribution in [0.3, 0.4) is 0 Å². The van der Waals surface area contributed by atoms with Gasteiger partial charge in [0.1, 0.15) is 30.3 Å². The highest BCUT2D eigenvalue weighted by molar-refractivity contribution is 6.03. The number of amides is 1. The van der Waals surface area contributed by atoms with E-state index in [0.29, 0.717) is 22.2 Å². The molecule has 3 aromatic rings. The number of ether oxygens (including phenoxy) is 3. The van der Waals surface area contributed by atoms with E-state index in [2.05, 4.69) is 5.32 Å². The number of methoxy groups -OCH3 is 1. The molecule has 0 aliphatic heterocycles. The minimum absolute atomic E-state index is 0.0348. The van der Waals surface area contributed by atoms with Crippen LogP contribution in [0.25, 0.3) is 17.0 Å². The topological polar surface area (TPSA) is 116 Å². The Kier molecular flexibility index (Phi) is 7.80. The Morgan fingerprint density at radius 1 is 1.09 bits per heavy atom. The fourth-order valence-corrected chi connectivity index (χ4v) is 3.47. The van der Waals surface area contributed by atoms with E-state index in [0.717, 1.165) is 11.6 Å². The number of carboxylic acids is 1. The standard InChI is InChI=1S/C26H28N2O7/c1-26(2,3)35-23(31)15-28-21-12-10-18(33-4)14-20(21)19(11-13-22(29)30)24(28)27-25(32)34-16-17-8-6-5-7-9-17/h5-14H,15-16H2,1-4H3,(H,27,32)(H,29,30). The number of benzene rings is 2. The van der Waals surface area contributed by atoms with Crippen molar-refractivity contribution in [2.24, 2.45) is 0 Å². The molecular formula is C26H28N2O7. The number of nitrogens with one attached hydrogen (secondary N) is 1. The molecule has 0 bridgehead atoms. The molecule has 0 aliphatic carbocycles. The zero-order valence-corrected chi connectivity index (χ0v) is 20.0. The summed E-state index contributed by atoms with van der Waals surface area (Å²) in [5.74, 6) is -0.983. The van der Waals surface area contributed by atoms with Crippen LogP contribution in [0.15, 0.2) is 54.6 Å². The second-order valence-electron chi connectivity index (χ2n) is 8.68. The smallest absolute Gasteiger partial charge is 0.413 e. The highest BCUT2D eigenvalue weighted by atomic mass is 16.6. The van der Waals surface area contributed by atoms with Gasteiger partial charge in [0.15, 0.2) is 0 Å². The van der Waals surface area contributed by atoms with Crippen molar-refractivity contribution in [2.75, 3.05) is 12.4 Å². The molecule has 0 unspecified atom stereocenters. The average Bonchev–Trinajstić information content (AvgIpc) is 3.06. The highest BCUT2D eigenvalue weighted by Gasteiger charge is 2.23. The summed E-state index contributed by atoms with van der Waals surface area (Å²) in [6, 6.07) is 14.3. The van der Waals surface area contributed by atoms with Crippen molar-refractivity contribution in [1.82, 2.24) is 4.57 Å². The molecule has 184 valence electrons. The van der Waals surface area contributed by atoms with Crippen molar-refractivity contribution < 1.29 is 33.7 Å². The highest BCUT2D eigenvalue weighted by Crippen LogP contribution is 2.34. The van der Waals surface area contributed by atoms with Gasteiger partial charge in [-0.1, -0.05) is 30.3 Å². The lowest BCUT2D eigenvalue weighted by Crippen LogP contribution is -2.27. The van der Waals surface area contributed by atoms with Gasteiger partial charge in [-0.25, -0.2) is 9.59 Å². The van der Waals surface area contributed by atoms with Crippen LogP contribution < -0.4 is 10.1 Å². The van der Waals surface area contributed by atoms with Crippen LogP contribution in [0, 0.1) is 0 Å². The number of rotatable bonds is 8. The van der Waals surface area contributed by atoms with Crippen LogP contribution in [0.4, 0.5) is 10.6 Å². The number of hydrogen-bond donors (Lipinski definition) is 2. The third-order valence-electron chi connectivity index (χ3n) is 4.84. The monoisotopic (exact) mass is 480 g/mol. The van der Waals surface area contributed by atoms with Gasteiger partial charge in [0.2, 0.25) is 0 Å². The molecule has 0 saturated carbocycles. The fraction of sp³-hybridized carbons (Fsp3) is 0.269. The fourth-order valence-electron chi connectivity index (χ4n) is 3.47. The van der Waals surface area contributed by atoms with Crippen molar-refractivity contribution in [2.45, 2.75) is 39.5 Å². The number of carbonyl (C=O) groups excluding carboxylic acids is 2. The van der Waals surface area contributed by atoms with Gasteiger partial charge < -0.3 is 23.9 Å². The minimum Gasteiger partial charge on any atom is -0.497 e. The lowest BCUT2D eigenvalue weighted by atomic mass is 10.1. The molecule has 1 heterocycles. The molecule has 2 N–H and O–H groups in total. The number of esters is 1. The van der Waals surface area contributed by atoms with Crippen molar-refractivity contribution >= 4 is 40.8 Å². The van der Waals surface area contributed by atoms with Crippen molar-refractivity contribution in [3.8, 4) is 5.75 Å².